The van der Waals surface area contributed by atoms with Crippen molar-refractivity contribution in [3.8, 4) is 0 Å². The fourth-order valence-electron chi connectivity index (χ4n) is 4.36. The molecule has 0 spiro atoms. The van der Waals surface area contributed by atoms with Crippen molar-refractivity contribution in [3.63, 3.8) is 0 Å². The summed E-state index contributed by atoms with van der Waals surface area (Å²) in [5.41, 5.74) is 1.13. The lowest BCUT2D eigenvalue weighted by atomic mass is 9.95. The lowest BCUT2D eigenvalue weighted by molar-refractivity contribution is -0.146. The van der Waals surface area contributed by atoms with Crippen LogP contribution in [0.1, 0.15) is 40.5 Å². The average molecular weight is 445 g/mol. The minimum Gasteiger partial charge on any atom is -0.481 e. The molecule has 3 N–H and O–H groups in total. The Bertz CT molecular complexity index is 892. The van der Waals surface area contributed by atoms with E-state index in [0.717, 1.165) is 0 Å². The van der Waals surface area contributed by atoms with Gasteiger partial charge < -0.3 is 20.6 Å². The highest BCUT2D eigenvalue weighted by molar-refractivity contribution is 6.12. The largest absolute Gasteiger partial charge is 0.481 e. The van der Waals surface area contributed by atoms with Gasteiger partial charge in [0.2, 0.25) is 11.8 Å². The number of aliphatic carboxylic acids is 1. The number of benzene rings is 1. The number of piperidine rings is 1. The third-order valence-corrected chi connectivity index (χ3v) is 6.19. The van der Waals surface area contributed by atoms with Crippen molar-refractivity contribution in [2.24, 2.45) is 17.8 Å². The number of nitrogens with zero attached hydrogens (tertiary/aromatic N) is 2. The SMILES string of the molecule is CC(C)[C@@H](NC(=O)N1c2ccccc2NC(=O)[C@H]1C(C)C)C(=O)N1CCC(C(=O)O)CC1. The Morgan fingerprint density at radius 2 is 1.72 bits per heavy atom. The first-order valence-corrected chi connectivity index (χ1v) is 11.1. The molecule has 0 aromatic heterocycles. The number of hydrogen-bond acceptors (Lipinski definition) is 4. The zero-order chi connectivity index (χ0) is 23.6. The third-order valence-electron chi connectivity index (χ3n) is 6.19. The van der Waals surface area contributed by atoms with E-state index in [0.29, 0.717) is 37.3 Å². The van der Waals surface area contributed by atoms with Crippen LogP contribution < -0.4 is 15.5 Å². The number of carbonyl (C=O) groups excluding carboxylic acids is 3. The van der Waals surface area contributed by atoms with E-state index in [1.165, 1.54) is 4.90 Å². The molecule has 1 aromatic rings. The predicted molar refractivity (Wildman–Crippen MR) is 120 cm³/mol. The van der Waals surface area contributed by atoms with Gasteiger partial charge in [0.25, 0.3) is 0 Å². The first kappa shape index (κ1) is 23.6. The molecule has 1 saturated heterocycles. The van der Waals surface area contributed by atoms with Gasteiger partial charge in [0.05, 0.1) is 17.3 Å². The lowest BCUT2D eigenvalue weighted by Gasteiger charge is -2.40. The van der Waals surface area contributed by atoms with Crippen LogP contribution in [-0.4, -0.2) is 59.0 Å². The topological polar surface area (TPSA) is 119 Å². The van der Waals surface area contributed by atoms with Crippen LogP contribution in [0.5, 0.6) is 0 Å². The summed E-state index contributed by atoms with van der Waals surface area (Å²) in [4.78, 5) is 53.7. The Morgan fingerprint density at radius 3 is 2.28 bits per heavy atom. The van der Waals surface area contributed by atoms with Gasteiger partial charge in [-0.2, -0.15) is 0 Å². The van der Waals surface area contributed by atoms with Crippen molar-refractivity contribution in [1.29, 1.82) is 0 Å². The summed E-state index contributed by atoms with van der Waals surface area (Å²) in [6.45, 7) is 8.14. The molecule has 9 nitrogen and oxygen atoms in total. The van der Waals surface area contributed by atoms with Gasteiger partial charge in [-0.15, -0.1) is 0 Å². The number of likely N-dealkylation sites (tertiary alicyclic amines) is 1. The molecule has 0 bridgehead atoms. The summed E-state index contributed by atoms with van der Waals surface area (Å²) < 4.78 is 0. The molecule has 0 unspecified atom stereocenters. The number of carboxylic acids is 1. The Balaban J connectivity index is 1.81. The summed E-state index contributed by atoms with van der Waals surface area (Å²) >= 11 is 0. The van der Waals surface area contributed by atoms with Gasteiger partial charge in [-0.3, -0.25) is 19.3 Å². The molecule has 2 aliphatic rings. The molecule has 0 aliphatic carbocycles. The van der Waals surface area contributed by atoms with Crippen LogP contribution in [-0.2, 0) is 14.4 Å². The molecule has 1 aromatic carbocycles. The van der Waals surface area contributed by atoms with Crippen LogP contribution in [0, 0.1) is 17.8 Å². The highest BCUT2D eigenvalue weighted by atomic mass is 16.4. The summed E-state index contributed by atoms with van der Waals surface area (Å²) in [6.07, 6.45) is 0.795. The summed E-state index contributed by atoms with van der Waals surface area (Å²) in [7, 11) is 0. The normalized spacial score (nSPS) is 20.1. The van der Waals surface area contributed by atoms with Crippen LogP contribution in [0.4, 0.5) is 16.2 Å². The second kappa shape index (κ2) is 9.58. The van der Waals surface area contributed by atoms with Crippen LogP contribution in [0.2, 0.25) is 0 Å². The summed E-state index contributed by atoms with van der Waals surface area (Å²) in [5, 5.41) is 14.9. The minimum absolute atomic E-state index is 0.141. The molecule has 0 saturated carbocycles. The Kier molecular flexibility index (Phi) is 7.06. The maximum absolute atomic E-state index is 13.5. The van der Waals surface area contributed by atoms with E-state index < -0.39 is 30.0 Å². The van der Waals surface area contributed by atoms with Crippen molar-refractivity contribution in [1.82, 2.24) is 10.2 Å². The molecule has 174 valence electrons. The van der Waals surface area contributed by atoms with Gasteiger partial charge in [0.15, 0.2) is 0 Å². The Hall–Kier alpha value is -3.10. The van der Waals surface area contributed by atoms with Gasteiger partial charge in [-0.1, -0.05) is 39.8 Å². The van der Waals surface area contributed by atoms with Crippen molar-refractivity contribution < 1.29 is 24.3 Å². The van der Waals surface area contributed by atoms with Gasteiger partial charge in [0, 0.05) is 13.1 Å². The second-order valence-corrected chi connectivity index (χ2v) is 9.17. The van der Waals surface area contributed by atoms with Gasteiger partial charge in [-0.25, -0.2) is 4.79 Å². The van der Waals surface area contributed by atoms with Crippen molar-refractivity contribution in [2.75, 3.05) is 23.3 Å². The van der Waals surface area contributed by atoms with E-state index in [1.807, 2.05) is 27.7 Å². The molecule has 0 radical (unpaired) electrons. The van der Waals surface area contributed by atoms with E-state index in [4.69, 9.17) is 0 Å². The number of nitrogens with one attached hydrogen (secondary N) is 2. The molecule has 4 amide bonds. The number of hydrogen-bond donors (Lipinski definition) is 3. The van der Waals surface area contributed by atoms with E-state index in [9.17, 15) is 24.3 Å². The first-order valence-electron chi connectivity index (χ1n) is 11.1. The number of amides is 4. The smallest absolute Gasteiger partial charge is 0.323 e. The van der Waals surface area contributed by atoms with E-state index in [1.54, 1.807) is 29.2 Å². The third kappa shape index (κ3) is 4.71. The molecule has 32 heavy (non-hydrogen) atoms. The number of fused-ring (bicyclic) bond motifs is 1. The summed E-state index contributed by atoms with van der Waals surface area (Å²) in [6, 6.07) is 5.10. The number of para-hydroxylation sites is 2. The fraction of sp³-hybridized carbons (Fsp3) is 0.565. The fourth-order valence-corrected chi connectivity index (χ4v) is 4.36. The van der Waals surface area contributed by atoms with Crippen molar-refractivity contribution in [2.45, 2.75) is 52.6 Å². The molecule has 1 fully saturated rings. The van der Waals surface area contributed by atoms with Crippen molar-refractivity contribution >= 4 is 35.2 Å². The lowest BCUT2D eigenvalue weighted by Crippen LogP contribution is -2.61. The molecule has 2 aliphatic heterocycles. The highest BCUT2D eigenvalue weighted by Gasteiger charge is 2.41. The molecule has 9 heteroatoms. The van der Waals surface area contributed by atoms with Crippen LogP contribution >= 0.6 is 0 Å². The second-order valence-electron chi connectivity index (χ2n) is 9.17. The summed E-state index contributed by atoms with van der Waals surface area (Å²) in [5.74, 6) is -2.11. The first-order chi connectivity index (χ1) is 15.1. The standard InChI is InChI=1S/C23H32N4O5/c1-13(2)18(21(29)26-11-9-15(10-12-26)22(30)31)25-23(32)27-17-8-6-5-7-16(17)24-20(28)19(27)14(3)4/h5-8,13-15,18-19H,9-12H2,1-4H3,(H,24,28)(H,25,32)(H,30,31)/t18-,19-/m1/s1. The Morgan fingerprint density at radius 1 is 1.09 bits per heavy atom. The number of urea groups is 1. The van der Waals surface area contributed by atoms with E-state index in [2.05, 4.69) is 10.6 Å². The monoisotopic (exact) mass is 444 g/mol. The number of carboxylic acid groups (broad SMARTS) is 1. The maximum Gasteiger partial charge on any atom is 0.323 e. The zero-order valence-electron chi connectivity index (χ0n) is 19.0. The predicted octanol–water partition coefficient (Wildman–Crippen LogP) is 2.53. The Labute approximate surface area is 188 Å². The number of rotatable bonds is 5. The number of carbonyl (C=O) groups is 4. The average Bonchev–Trinajstić information content (AvgIpc) is 2.75. The molecule has 2 atom stereocenters. The van der Waals surface area contributed by atoms with E-state index >= 15 is 0 Å². The molecule has 2 heterocycles. The zero-order valence-corrected chi connectivity index (χ0v) is 19.0. The molecule has 3 rings (SSSR count). The number of anilines is 2. The molecular formula is C23H32N4O5. The van der Waals surface area contributed by atoms with Gasteiger partial charge in [0.1, 0.15) is 12.1 Å². The van der Waals surface area contributed by atoms with Crippen LogP contribution in [0.15, 0.2) is 24.3 Å². The molecular weight excluding hydrogens is 412 g/mol. The van der Waals surface area contributed by atoms with E-state index in [-0.39, 0.29) is 23.7 Å². The van der Waals surface area contributed by atoms with Gasteiger partial charge >= 0.3 is 12.0 Å². The quantitative estimate of drug-likeness (QED) is 0.645. The van der Waals surface area contributed by atoms with Crippen LogP contribution in [0.3, 0.4) is 0 Å². The van der Waals surface area contributed by atoms with Gasteiger partial charge in [-0.05, 0) is 36.8 Å². The highest BCUT2D eigenvalue weighted by Crippen LogP contribution is 2.34. The maximum atomic E-state index is 13.5. The minimum atomic E-state index is -0.840. The van der Waals surface area contributed by atoms with Crippen LogP contribution in [0.25, 0.3) is 0 Å². The van der Waals surface area contributed by atoms with Crippen molar-refractivity contribution in [3.05, 3.63) is 24.3 Å².